The van der Waals surface area contributed by atoms with E-state index in [1.54, 1.807) is 47.3 Å². The predicted molar refractivity (Wildman–Crippen MR) is 109 cm³/mol. The normalized spacial score (nSPS) is 12.7. The fraction of sp³-hybridized carbons (Fsp3) is 0.136. The Kier molecular flexibility index (Phi) is 4.39. The molecule has 1 aliphatic heterocycles. The second kappa shape index (κ2) is 7.22. The molecule has 6 nitrogen and oxygen atoms in total. The molecule has 0 amide bonds. The minimum atomic E-state index is -0.417. The summed E-state index contributed by atoms with van der Waals surface area (Å²) in [5.41, 5.74) is 2.37. The van der Waals surface area contributed by atoms with E-state index in [-0.39, 0.29) is 23.0 Å². The molecule has 8 heteroatoms. The number of hydrogen-bond donors (Lipinski definition) is 1. The van der Waals surface area contributed by atoms with Gasteiger partial charge in [-0.2, -0.15) is 0 Å². The van der Waals surface area contributed by atoms with Crippen LogP contribution in [0.2, 0.25) is 0 Å². The molecule has 3 heterocycles. The Labute approximate surface area is 170 Å². The lowest BCUT2D eigenvalue weighted by Gasteiger charge is -2.10. The van der Waals surface area contributed by atoms with Crippen LogP contribution >= 0.6 is 0 Å². The molecule has 0 bridgehead atoms. The fourth-order valence-corrected chi connectivity index (χ4v) is 3.79. The third-order valence-electron chi connectivity index (χ3n) is 5.13. The standard InChI is InChI=1S/C22H17F2N5O/c23-15-8-6-14(7-9-15)19-20(28-12-3-13-29(28)21(19)30)18-10-11-25-22(27-18)26-17-5-2-1-4-16(17)24/h1-2,4-11H,3,12-13H2,(H,25,26,27). The number of benzene rings is 2. The molecule has 150 valence electrons. The highest BCUT2D eigenvalue weighted by Crippen LogP contribution is 2.32. The summed E-state index contributed by atoms with van der Waals surface area (Å²) in [7, 11) is 0. The maximum Gasteiger partial charge on any atom is 0.275 e. The van der Waals surface area contributed by atoms with Gasteiger partial charge in [-0.1, -0.05) is 24.3 Å². The fourth-order valence-electron chi connectivity index (χ4n) is 3.79. The number of nitrogens with zero attached hydrogens (tertiary/aromatic N) is 4. The van der Waals surface area contributed by atoms with E-state index in [0.717, 1.165) is 6.42 Å². The van der Waals surface area contributed by atoms with E-state index >= 15 is 0 Å². The van der Waals surface area contributed by atoms with Gasteiger partial charge in [0.05, 0.1) is 22.6 Å². The number of anilines is 2. The maximum absolute atomic E-state index is 14.0. The number of halogens is 2. The van der Waals surface area contributed by atoms with Crippen LogP contribution < -0.4 is 10.9 Å². The maximum atomic E-state index is 14.0. The first-order valence-corrected chi connectivity index (χ1v) is 9.56. The van der Waals surface area contributed by atoms with Gasteiger partial charge in [0.25, 0.3) is 5.56 Å². The number of nitrogens with one attached hydrogen (secondary N) is 1. The molecular formula is C22H17F2N5O. The van der Waals surface area contributed by atoms with Gasteiger partial charge in [-0.3, -0.25) is 9.48 Å². The zero-order valence-corrected chi connectivity index (χ0v) is 15.8. The Balaban J connectivity index is 1.64. The smallest absolute Gasteiger partial charge is 0.275 e. The Morgan fingerprint density at radius 1 is 0.933 bits per heavy atom. The molecule has 0 aliphatic carbocycles. The minimum Gasteiger partial charge on any atom is -0.322 e. The lowest BCUT2D eigenvalue weighted by Crippen LogP contribution is -2.17. The molecule has 2 aromatic carbocycles. The highest BCUT2D eigenvalue weighted by atomic mass is 19.1. The number of fused-ring (bicyclic) bond motifs is 1. The van der Waals surface area contributed by atoms with Crippen LogP contribution in [0.1, 0.15) is 6.42 Å². The van der Waals surface area contributed by atoms with Crippen molar-refractivity contribution in [3.8, 4) is 22.5 Å². The molecule has 0 saturated heterocycles. The molecule has 0 radical (unpaired) electrons. The van der Waals surface area contributed by atoms with E-state index in [1.165, 1.54) is 18.2 Å². The van der Waals surface area contributed by atoms with Crippen LogP contribution in [0.15, 0.2) is 65.6 Å². The van der Waals surface area contributed by atoms with Crippen LogP contribution in [0.25, 0.3) is 22.5 Å². The third-order valence-corrected chi connectivity index (χ3v) is 5.13. The first-order chi connectivity index (χ1) is 14.6. The summed E-state index contributed by atoms with van der Waals surface area (Å²) in [6.45, 7) is 1.28. The van der Waals surface area contributed by atoms with Gasteiger partial charge in [-0.05, 0) is 42.3 Å². The Hall–Kier alpha value is -3.81. The summed E-state index contributed by atoms with van der Waals surface area (Å²) in [4.78, 5) is 21.8. The van der Waals surface area contributed by atoms with Crippen molar-refractivity contribution in [1.82, 2.24) is 19.3 Å². The van der Waals surface area contributed by atoms with E-state index in [2.05, 4.69) is 15.3 Å². The van der Waals surface area contributed by atoms with Gasteiger partial charge in [0.1, 0.15) is 11.6 Å². The van der Waals surface area contributed by atoms with Crippen molar-refractivity contribution in [3.63, 3.8) is 0 Å². The van der Waals surface area contributed by atoms with Gasteiger partial charge in [-0.15, -0.1) is 0 Å². The molecule has 0 saturated carbocycles. The molecule has 1 N–H and O–H groups in total. The second-order valence-electron chi connectivity index (χ2n) is 7.01. The van der Waals surface area contributed by atoms with Crippen molar-refractivity contribution >= 4 is 11.6 Å². The molecule has 1 aliphatic rings. The lowest BCUT2D eigenvalue weighted by atomic mass is 10.0. The Morgan fingerprint density at radius 3 is 2.50 bits per heavy atom. The average Bonchev–Trinajstić information content (AvgIpc) is 3.33. The van der Waals surface area contributed by atoms with Crippen molar-refractivity contribution in [1.29, 1.82) is 0 Å². The number of rotatable bonds is 4. The molecule has 0 unspecified atom stereocenters. The zero-order chi connectivity index (χ0) is 20.7. The summed E-state index contributed by atoms with van der Waals surface area (Å²) >= 11 is 0. The molecule has 2 aromatic heterocycles. The average molecular weight is 405 g/mol. The highest BCUT2D eigenvalue weighted by molar-refractivity contribution is 5.79. The third kappa shape index (κ3) is 3.06. The van der Waals surface area contributed by atoms with Crippen molar-refractivity contribution in [2.75, 3.05) is 5.32 Å². The number of para-hydroxylation sites is 1. The van der Waals surface area contributed by atoms with Crippen LogP contribution in [0.5, 0.6) is 0 Å². The molecular weight excluding hydrogens is 388 g/mol. The van der Waals surface area contributed by atoms with Gasteiger partial charge in [0.15, 0.2) is 0 Å². The van der Waals surface area contributed by atoms with Gasteiger partial charge in [0.2, 0.25) is 5.95 Å². The van der Waals surface area contributed by atoms with Crippen LogP contribution in [-0.2, 0) is 13.1 Å². The monoisotopic (exact) mass is 405 g/mol. The number of aromatic nitrogens is 4. The molecule has 4 aromatic rings. The largest absolute Gasteiger partial charge is 0.322 e. The van der Waals surface area contributed by atoms with Crippen molar-refractivity contribution < 1.29 is 8.78 Å². The summed E-state index contributed by atoms with van der Waals surface area (Å²) in [5.74, 6) is -0.571. The SMILES string of the molecule is O=c1c(-c2ccc(F)cc2)c(-c2ccnc(Nc3ccccc3F)n2)n2n1CCC2. The topological polar surface area (TPSA) is 64.7 Å². The van der Waals surface area contributed by atoms with Gasteiger partial charge in [0, 0.05) is 19.3 Å². The van der Waals surface area contributed by atoms with E-state index in [0.29, 0.717) is 35.6 Å². The van der Waals surface area contributed by atoms with E-state index in [1.807, 2.05) is 4.68 Å². The van der Waals surface area contributed by atoms with Crippen LogP contribution in [0.4, 0.5) is 20.4 Å². The Morgan fingerprint density at radius 2 is 1.70 bits per heavy atom. The highest BCUT2D eigenvalue weighted by Gasteiger charge is 2.26. The second-order valence-corrected chi connectivity index (χ2v) is 7.01. The van der Waals surface area contributed by atoms with Crippen molar-refractivity contribution in [2.24, 2.45) is 0 Å². The molecule has 0 fully saturated rings. The first-order valence-electron chi connectivity index (χ1n) is 9.56. The molecule has 0 spiro atoms. The van der Waals surface area contributed by atoms with Gasteiger partial charge >= 0.3 is 0 Å². The zero-order valence-electron chi connectivity index (χ0n) is 15.8. The van der Waals surface area contributed by atoms with Crippen molar-refractivity contribution in [3.05, 3.63) is 82.8 Å². The molecule has 0 atom stereocenters. The summed E-state index contributed by atoms with van der Waals surface area (Å²) in [5, 5.41) is 2.88. The molecule has 5 rings (SSSR count). The lowest BCUT2D eigenvalue weighted by molar-refractivity contribution is 0.599. The minimum absolute atomic E-state index is 0.142. The van der Waals surface area contributed by atoms with Crippen molar-refractivity contribution in [2.45, 2.75) is 19.5 Å². The summed E-state index contributed by atoms with van der Waals surface area (Å²) in [6, 6.07) is 13.8. The van der Waals surface area contributed by atoms with E-state index in [4.69, 9.17) is 0 Å². The quantitative estimate of drug-likeness (QED) is 0.553. The Bertz CT molecular complexity index is 1290. The predicted octanol–water partition coefficient (Wildman–Crippen LogP) is 4.20. The van der Waals surface area contributed by atoms with Crippen LogP contribution in [0.3, 0.4) is 0 Å². The molecule has 30 heavy (non-hydrogen) atoms. The van der Waals surface area contributed by atoms with E-state index < -0.39 is 5.82 Å². The van der Waals surface area contributed by atoms with Crippen LogP contribution in [0, 0.1) is 11.6 Å². The first kappa shape index (κ1) is 18.2. The summed E-state index contributed by atoms with van der Waals surface area (Å²) < 4.78 is 31.0. The van der Waals surface area contributed by atoms with Gasteiger partial charge in [-0.25, -0.2) is 23.4 Å². The van der Waals surface area contributed by atoms with Crippen LogP contribution in [-0.4, -0.2) is 19.3 Å². The van der Waals surface area contributed by atoms with E-state index in [9.17, 15) is 13.6 Å². The van der Waals surface area contributed by atoms with Gasteiger partial charge < -0.3 is 5.32 Å². The number of hydrogen-bond acceptors (Lipinski definition) is 4. The summed E-state index contributed by atoms with van der Waals surface area (Å²) in [6.07, 6.45) is 2.40.